The third-order valence-corrected chi connectivity index (χ3v) is 5.97. The molecule has 1 saturated heterocycles. The molecular weight excluding hydrogens is 368 g/mol. The summed E-state index contributed by atoms with van der Waals surface area (Å²) in [5.41, 5.74) is 1.38. The zero-order chi connectivity index (χ0) is 19.6. The van der Waals surface area contributed by atoms with E-state index in [9.17, 15) is 9.59 Å². The fourth-order valence-corrected chi connectivity index (χ4v) is 4.87. The molecule has 0 saturated carbocycles. The number of carbonyl (C=O) groups is 2. The molecular formula is C19H26N2O5S. The highest BCUT2D eigenvalue weighted by atomic mass is 32.2. The first-order chi connectivity index (χ1) is 13.0. The first-order valence-electron chi connectivity index (χ1n) is 9.08. The number of thioether (sulfide) groups is 1. The first-order valence-corrected chi connectivity index (χ1v) is 10.1. The van der Waals surface area contributed by atoms with Crippen molar-refractivity contribution in [3.8, 4) is 11.5 Å². The lowest BCUT2D eigenvalue weighted by Crippen LogP contribution is -2.46. The second-order valence-corrected chi connectivity index (χ2v) is 7.86. The molecule has 148 valence electrons. The molecule has 2 atom stereocenters. The lowest BCUT2D eigenvalue weighted by Gasteiger charge is -2.22. The zero-order valence-electron chi connectivity index (χ0n) is 16.1. The Labute approximate surface area is 163 Å². The topological polar surface area (TPSA) is 77.1 Å². The zero-order valence-corrected chi connectivity index (χ0v) is 16.9. The third-order valence-electron chi connectivity index (χ3n) is 4.67. The Hall–Kier alpha value is -1.93. The van der Waals surface area contributed by atoms with Gasteiger partial charge in [-0.3, -0.25) is 9.59 Å². The van der Waals surface area contributed by atoms with Crippen molar-refractivity contribution in [1.29, 1.82) is 0 Å². The van der Waals surface area contributed by atoms with E-state index in [-0.39, 0.29) is 23.3 Å². The van der Waals surface area contributed by atoms with E-state index in [1.165, 1.54) is 7.11 Å². The van der Waals surface area contributed by atoms with Gasteiger partial charge in [0.25, 0.3) is 5.91 Å². The number of hydrogen-bond acceptors (Lipinski definition) is 6. The van der Waals surface area contributed by atoms with E-state index in [1.807, 2.05) is 19.9 Å². The maximum atomic E-state index is 13.1. The van der Waals surface area contributed by atoms with E-state index in [0.717, 1.165) is 12.0 Å². The number of ether oxygens (including phenoxy) is 3. The van der Waals surface area contributed by atoms with Crippen LogP contribution in [-0.2, 0) is 9.53 Å². The number of rotatable bonds is 8. The van der Waals surface area contributed by atoms with Crippen LogP contribution in [0.1, 0.15) is 41.6 Å². The van der Waals surface area contributed by atoms with Gasteiger partial charge in [0.2, 0.25) is 5.91 Å². The minimum Gasteiger partial charge on any atom is -0.493 e. The fraction of sp³-hybridized carbons (Fsp3) is 0.579. The average Bonchev–Trinajstić information content (AvgIpc) is 3.20. The summed E-state index contributed by atoms with van der Waals surface area (Å²) in [7, 11) is 3.06. The van der Waals surface area contributed by atoms with Crippen molar-refractivity contribution >= 4 is 23.6 Å². The van der Waals surface area contributed by atoms with Crippen LogP contribution < -0.4 is 14.8 Å². The maximum Gasteiger partial charge on any atom is 0.260 e. The van der Waals surface area contributed by atoms with Gasteiger partial charge in [-0.1, -0.05) is 6.07 Å². The Kier molecular flexibility index (Phi) is 6.16. The van der Waals surface area contributed by atoms with Crippen molar-refractivity contribution in [2.45, 2.75) is 37.8 Å². The fourth-order valence-electron chi connectivity index (χ4n) is 3.41. The standard InChI is InChI=1S/C19H26N2O5S/c1-11(2)26-9-5-8-20-17(22)13-10-27-19-12-6-7-14(24-3)16(25-4)15(12)18(23)21(13)19/h6-7,11,13,19H,5,8-10H2,1-4H3,(H,20,22)/t13-,19+/m1/s1. The van der Waals surface area contributed by atoms with E-state index >= 15 is 0 Å². The number of carbonyl (C=O) groups excluding carboxylic acids is 2. The number of nitrogens with one attached hydrogen (secondary N) is 1. The monoisotopic (exact) mass is 394 g/mol. The van der Waals surface area contributed by atoms with Gasteiger partial charge in [0.15, 0.2) is 11.5 Å². The second kappa shape index (κ2) is 8.39. The molecule has 1 aromatic carbocycles. The van der Waals surface area contributed by atoms with Crippen LogP contribution in [0.2, 0.25) is 0 Å². The van der Waals surface area contributed by atoms with E-state index in [1.54, 1.807) is 29.8 Å². The molecule has 8 heteroatoms. The summed E-state index contributed by atoms with van der Waals surface area (Å²) in [5.74, 6) is 1.22. The van der Waals surface area contributed by atoms with Crippen LogP contribution in [0, 0.1) is 0 Å². The average molecular weight is 394 g/mol. The van der Waals surface area contributed by atoms with E-state index < -0.39 is 6.04 Å². The molecule has 27 heavy (non-hydrogen) atoms. The van der Waals surface area contributed by atoms with Gasteiger partial charge in [0.1, 0.15) is 11.4 Å². The highest BCUT2D eigenvalue weighted by Crippen LogP contribution is 2.52. The highest BCUT2D eigenvalue weighted by Gasteiger charge is 2.50. The largest absolute Gasteiger partial charge is 0.493 e. The first kappa shape index (κ1) is 19.8. The van der Waals surface area contributed by atoms with Gasteiger partial charge in [0, 0.05) is 24.5 Å². The van der Waals surface area contributed by atoms with E-state index in [4.69, 9.17) is 14.2 Å². The van der Waals surface area contributed by atoms with Gasteiger partial charge in [-0.2, -0.15) is 0 Å². The Balaban J connectivity index is 1.69. The Morgan fingerprint density at radius 3 is 2.78 bits per heavy atom. The summed E-state index contributed by atoms with van der Waals surface area (Å²) >= 11 is 1.60. The predicted octanol–water partition coefficient (Wildman–Crippen LogP) is 2.20. The molecule has 1 aromatic rings. The summed E-state index contributed by atoms with van der Waals surface area (Å²) in [5, 5.41) is 2.77. The molecule has 2 amide bonds. The van der Waals surface area contributed by atoms with E-state index in [2.05, 4.69) is 5.32 Å². The third kappa shape index (κ3) is 3.73. The Bertz CT molecular complexity index is 724. The van der Waals surface area contributed by atoms with Crippen molar-refractivity contribution in [2.24, 2.45) is 0 Å². The van der Waals surface area contributed by atoms with Crippen molar-refractivity contribution in [2.75, 3.05) is 33.1 Å². The number of benzene rings is 1. The predicted molar refractivity (Wildman–Crippen MR) is 103 cm³/mol. The number of amides is 2. The molecule has 7 nitrogen and oxygen atoms in total. The van der Waals surface area contributed by atoms with Crippen LogP contribution in [0.5, 0.6) is 11.5 Å². The van der Waals surface area contributed by atoms with Crippen LogP contribution >= 0.6 is 11.8 Å². The number of nitrogens with zero attached hydrogens (tertiary/aromatic N) is 1. The van der Waals surface area contributed by atoms with Crippen LogP contribution in [0.4, 0.5) is 0 Å². The van der Waals surface area contributed by atoms with Crippen LogP contribution in [0.15, 0.2) is 12.1 Å². The maximum absolute atomic E-state index is 13.1. The lowest BCUT2D eigenvalue weighted by molar-refractivity contribution is -0.124. The minimum atomic E-state index is -0.485. The highest BCUT2D eigenvalue weighted by molar-refractivity contribution is 7.99. The second-order valence-electron chi connectivity index (χ2n) is 6.74. The number of hydrogen-bond donors (Lipinski definition) is 1. The Morgan fingerprint density at radius 2 is 2.11 bits per heavy atom. The van der Waals surface area contributed by atoms with Gasteiger partial charge >= 0.3 is 0 Å². The lowest BCUT2D eigenvalue weighted by atomic mass is 10.1. The van der Waals surface area contributed by atoms with Gasteiger partial charge in [-0.25, -0.2) is 0 Å². The summed E-state index contributed by atoms with van der Waals surface area (Å²) in [4.78, 5) is 27.4. The molecule has 0 aromatic heterocycles. The molecule has 2 aliphatic heterocycles. The smallest absolute Gasteiger partial charge is 0.260 e. The Morgan fingerprint density at radius 1 is 1.33 bits per heavy atom. The summed E-state index contributed by atoms with van der Waals surface area (Å²) in [6.45, 7) is 5.09. The summed E-state index contributed by atoms with van der Waals surface area (Å²) in [6, 6.07) is 3.20. The molecule has 3 rings (SSSR count). The molecule has 2 aliphatic rings. The summed E-state index contributed by atoms with van der Waals surface area (Å²) in [6.07, 6.45) is 0.923. The molecule has 0 aliphatic carbocycles. The molecule has 2 heterocycles. The van der Waals surface area contributed by atoms with Gasteiger partial charge < -0.3 is 24.4 Å². The van der Waals surface area contributed by atoms with Crippen molar-refractivity contribution in [3.05, 3.63) is 23.3 Å². The van der Waals surface area contributed by atoms with Crippen LogP contribution in [0.3, 0.4) is 0 Å². The van der Waals surface area contributed by atoms with Crippen LogP contribution in [-0.4, -0.2) is 62.0 Å². The molecule has 0 unspecified atom stereocenters. The van der Waals surface area contributed by atoms with Crippen LogP contribution in [0.25, 0.3) is 0 Å². The quantitative estimate of drug-likeness (QED) is 0.681. The normalized spacial score (nSPS) is 20.6. The van der Waals surface area contributed by atoms with Crippen molar-refractivity contribution in [1.82, 2.24) is 10.2 Å². The molecule has 1 N–H and O–H groups in total. The van der Waals surface area contributed by atoms with E-state index in [0.29, 0.717) is 36.0 Å². The molecule has 0 spiro atoms. The number of methoxy groups -OCH3 is 2. The summed E-state index contributed by atoms with van der Waals surface area (Å²) < 4.78 is 16.2. The SMILES string of the molecule is COc1ccc2c(c1OC)C(=O)N1[C@@H](C(=O)NCCCOC(C)C)CS[C@@H]21. The number of fused-ring (bicyclic) bond motifs is 3. The van der Waals surface area contributed by atoms with Gasteiger partial charge in [-0.05, 0) is 26.3 Å². The minimum absolute atomic E-state index is 0.123. The molecule has 1 fully saturated rings. The van der Waals surface area contributed by atoms with Crippen molar-refractivity contribution in [3.63, 3.8) is 0 Å². The molecule has 0 radical (unpaired) electrons. The van der Waals surface area contributed by atoms with Crippen molar-refractivity contribution < 1.29 is 23.8 Å². The van der Waals surface area contributed by atoms with Gasteiger partial charge in [0.05, 0.1) is 25.9 Å². The molecule has 0 bridgehead atoms. The van der Waals surface area contributed by atoms with Gasteiger partial charge in [-0.15, -0.1) is 11.8 Å².